The monoisotopic (exact) mass is 356 g/mol. The van der Waals surface area contributed by atoms with E-state index in [-0.39, 0.29) is 12.0 Å². The van der Waals surface area contributed by atoms with Crippen LogP contribution in [0.15, 0.2) is 18.6 Å². The van der Waals surface area contributed by atoms with Crippen LogP contribution in [0, 0.1) is 5.92 Å². The zero-order valence-electron chi connectivity index (χ0n) is 13.6. The number of hydrogen-bond donors (Lipinski definition) is 3. The lowest BCUT2D eigenvalue weighted by Gasteiger charge is -2.19. The second-order valence-electron chi connectivity index (χ2n) is 6.06. The molecule has 136 valence electrons. The van der Waals surface area contributed by atoms with Crippen LogP contribution in [-0.2, 0) is 0 Å². The molecule has 0 spiro atoms. The van der Waals surface area contributed by atoms with Crippen molar-refractivity contribution in [3.8, 4) is 0 Å². The van der Waals surface area contributed by atoms with Crippen LogP contribution in [0.25, 0.3) is 11.0 Å². The Morgan fingerprint density at radius 2 is 2.20 bits per heavy atom. The Labute approximate surface area is 142 Å². The number of carbonyl (C=O) groups excluding carboxylic acids is 1. The molecule has 0 aliphatic carbocycles. The molecule has 0 bridgehead atoms. The Bertz CT molecular complexity index is 746. The lowest BCUT2D eigenvalue weighted by Crippen LogP contribution is -2.43. The molecule has 2 unspecified atom stereocenters. The quantitative estimate of drug-likeness (QED) is 0.785. The second-order valence-corrected chi connectivity index (χ2v) is 6.06. The third-order valence-corrected chi connectivity index (χ3v) is 4.37. The number of halogens is 3. The van der Waals surface area contributed by atoms with Gasteiger partial charge in [-0.05, 0) is 18.4 Å². The van der Waals surface area contributed by atoms with Gasteiger partial charge < -0.3 is 20.5 Å². The summed E-state index contributed by atoms with van der Waals surface area (Å²) in [5, 5.41) is 6.07. The molecule has 7 nitrogen and oxygen atoms in total. The number of H-pyrrole nitrogens is 1. The Morgan fingerprint density at radius 3 is 2.92 bits per heavy atom. The first-order valence-corrected chi connectivity index (χ1v) is 8.01. The highest BCUT2D eigenvalue weighted by atomic mass is 19.4. The summed E-state index contributed by atoms with van der Waals surface area (Å²) in [6.07, 6.45) is -0.432. The molecule has 0 aromatic carbocycles. The van der Waals surface area contributed by atoms with Crippen LogP contribution in [0.2, 0.25) is 0 Å². The van der Waals surface area contributed by atoms with E-state index in [0.29, 0.717) is 24.6 Å². The summed E-state index contributed by atoms with van der Waals surface area (Å²) in [4.78, 5) is 24.7. The van der Waals surface area contributed by atoms with Gasteiger partial charge in [0, 0.05) is 25.3 Å². The largest absolute Gasteiger partial charge is 0.405 e. The number of carbonyl (C=O) groups is 1. The molecule has 0 saturated carbocycles. The Morgan fingerprint density at radius 1 is 1.40 bits per heavy atom. The molecule has 2 aromatic heterocycles. The average molecular weight is 356 g/mol. The lowest BCUT2D eigenvalue weighted by molar-refractivity contribution is -0.123. The molecule has 1 saturated heterocycles. The third-order valence-electron chi connectivity index (χ3n) is 4.37. The SMILES string of the molecule is CCC1CN(C(=O)NCC(F)(F)F)CC1Nc1ncnc2[nH]ccc12. The van der Waals surface area contributed by atoms with Gasteiger partial charge in [-0.2, -0.15) is 13.2 Å². The number of nitrogens with zero attached hydrogens (tertiary/aromatic N) is 3. The number of anilines is 1. The summed E-state index contributed by atoms with van der Waals surface area (Å²) in [6.45, 7) is 1.38. The second kappa shape index (κ2) is 6.77. The van der Waals surface area contributed by atoms with Crippen molar-refractivity contribution in [1.82, 2.24) is 25.2 Å². The number of likely N-dealkylation sites (tertiary alicyclic amines) is 1. The molecule has 2 amide bonds. The van der Waals surface area contributed by atoms with E-state index in [4.69, 9.17) is 0 Å². The van der Waals surface area contributed by atoms with E-state index in [1.54, 1.807) is 6.20 Å². The summed E-state index contributed by atoms with van der Waals surface area (Å²) < 4.78 is 36.8. The zero-order chi connectivity index (χ0) is 18.0. The molecule has 10 heteroatoms. The number of rotatable bonds is 4. The van der Waals surface area contributed by atoms with Gasteiger partial charge in [0.25, 0.3) is 0 Å². The van der Waals surface area contributed by atoms with Crippen LogP contribution in [0.5, 0.6) is 0 Å². The first-order valence-electron chi connectivity index (χ1n) is 8.01. The minimum Gasteiger partial charge on any atom is -0.365 e. The van der Waals surface area contributed by atoms with E-state index in [2.05, 4.69) is 20.3 Å². The highest BCUT2D eigenvalue weighted by molar-refractivity contribution is 5.86. The fraction of sp³-hybridized carbons (Fsp3) is 0.533. The van der Waals surface area contributed by atoms with Crippen molar-refractivity contribution < 1.29 is 18.0 Å². The molecule has 0 radical (unpaired) electrons. The summed E-state index contributed by atoms with van der Waals surface area (Å²) >= 11 is 0. The number of urea groups is 1. The van der Waals surface area contributed by atoms with Gasteiger partial charge in [-0.15, -0.1) is 0 Å². The maximum absolute atomic E-state index is 12.3. The van der Waals surface area contributed by atoms with Gasteiger partial charge >= 0.3 is 12.2 Å². The van der Waals surface area contributed by atoms with Gasteiger partial charge in [-0.25, -0.2) is 14.8 Å². The molecule has 2 atom stereocenters. The molecule has 3 heterocycles. The van der Waals surface area contributed by atoms with Crippen molar-refractivity contribution in [2.24, 2.45) is 5.92 Å². The Hall–Kier alpha value is -2.52. The number of alkyl halides is 3. The molecule has 1 aliphatic heterocycles. The molecule has 3 rings (SSSR count). The normalized spacial score (nSPS) is 20.9. The number of aromatic amines is 1. The van der Waals surface area contributed by atoms with Gasteiger partial charge in [0.1, 0.15) is 24.3 Å². The van der Waals surface area contributed by atoms with Gasteiger partial charge in [0.15, 0.2) is 0 Å². The molecular formula is C15H19F3N6O. The van der Waals surface area contributed by atoms with E-state index in [1.165, 1.54) is 11.2 Å². The topological polar surface area (TPSA) is 85.9 Å². The smallest absolute Gasteiger partial charge is 0.365 e. The number of aromatic nitrogens is 3. The average Bonchev–Trinajstić information content (AvgIpc) is 3.19. The fourth-order valence-corrected chi connectivity index (χ4v) is 3.06. The van der Waals surface area contributed by atoms with E-state index in [0.717, 1.165) is 11.8 Å². The highest BCUT2D eigenvalue weighted by Crippen LogP contribution is 2.26. The Kier molecular flexibility index (Phi) is 4.69. The fourth-order valence-electron chi connectivity index (χ4n) is 3.06. The Balaban J connectivity index is 1.67. The summed E-state index contributed by atoms with van der Waals surface area (Å²) in [5.74, 6) is 0.771. The van der Waals surface area contributed by atoms with Crippen LogP contribution >= 0.6 is 0 Å². The minimum absolute atomic E-state index is 0.0883. The summed E-state index contributed by atoms with van der Waals surface area (Å²) in [5.41, 5.74) is 0.698. The van der Waals surface area contributed by atoms with Crippen molar-refractivity contribution in [2.75, 3.05) is 25.0 Å². The van der Waals surface area contributed by atoms with Crippen molar-refractivity contribution in [2.45, 2.75) is 25.6 Å². The summed E-state index contributed by atoms with van der Waals surface area (Å²) in [6, 6.07) is 1.06. The van der Waals surface area contributed by atoms with E-state index < -0.39 is 18.8 Å². The van der Waals surface area contributed by atoms with Crippen LogP contribution in [-0.4, -0.2) is 57.7 Å². The number of hydrogen-bond acceptors (Lipinski definition) is 4. The number of nitrogens with one attached hydrogen (secondary N) is 3. The van der Waals surface area contributed by atoms with E-state index >= 15 is 0 Å². The first kappa shape index (κ1) is 17.3. The molecule has 3 N–H and O–H groups in total. The lowest BCUT2D eigenvalue weighted by atomic mass is 10.0. The molecule has 1 fully saturated rings. The maximum Gasteiger partial charge on any atom is 0.405 e. The third kappa shape index (κ3) is 3.94. The van der Waals surface area contributed by atoms with Gasteiger partial charge in [-0.3, -0.25) is 0 Å². The van der Waals surface area contributed by atoms with Gasteiger partial charge in [0.05, 0.1) is 5.39 Å². The van der Waals surface area contributed by atoms with E-state index in [9.17, 15) is 18.0 Å². The van der Waals surface area contributed by atoms with Gasteiger partial charge in [-0.1, -0.05) is 6.92 Å². The molecule has 1 aliphatic rings. The summed E-state index contributed by atoms with van der Waals surface area (Å²) in [7, 11) is 0. The van der Waals surface area contributed by atoms with Crippen molar-refractivity contribution in [3.63, 3.8) is 0 Å². The van der Waals surface area contributed by atoms with Crippen LogP contribution in [0.3, 0.4) is 0 Å². The zero-order valence-corrected chi connectivity index (χ0v) is 13.6. The van der Waals surface area contributed by atoms with E-state index in [1.807, 2.05) is 18.3 Å². The van der Waals surface area contributed by atoms with Crippen molar-refractivity contribution in [3.05, 3.63) is 18.6 Å². The first-order chi connectivity index (χ1) is 11.9. The highest BCUT2D eigenvalue weighted by Gasteiger charge is 2.36. The maximum atomic E-state index is 12.3. The minimum atomic E-state index is -4.42. The predicted octanol–water partition coefficient (Wildman–Crippen LogP) is 2.35. The number of fused-ring (bicyclic) bond motifs is 1. The van der Waals surface area contributed by atoms with Crippen molar-refractivity contribution in [1.29, 1.82) is 0 Å². The molecule has 25 heavy (non-hydrogen) atoms. The number of amides is 2. The molecular weight excluding hydrogens is 337 g/mol. The van der Waals surface area contributed by atoms with Crippen molar-refractivity contribution >= 4 is 22.9 Å². The predicted molar refractivity (Wildman–Crippen MR) is 86.1 cm³/mol. The van der Waals surface area contributed by atoms with Crippen LogP contribution in [0.1, 0.15) is 13.3 Å². The molecule has 2 aromatic rings. The van der Waals surface area contributed by atoms with Crippen LogP contribution < -0.4 is 10.6 Å². The standard InChI is InChI=1S/C15H19F3N6O/c1-2-9-5-24(14(25)20-7-15(16,17)18)6-11(9)23-13-10-3-4-19-12(10)21-8-22-13/h3-4,8-9,11H,2,5-7H2,1H3,(H,20,25)(H2,19,21,22,23). The van der Waals surface area contributed by atoms with Crippen LogP contribution in [0.4, 0.5) is 23.8 Å². The van der Waals surface area contributed by atoms with Gasteiger partial charge in [0.2, 0.25) is 0 Å².